The van der Waals surface area contributed by atoms with E-state index in [1.165, 1.54) is 5.56 Å². The Bertz CT molecular complexity index is 825. The van der Waals surface area contributed by atoms with E-state index in [-0.39, 0.29) is 5.91 Å². The van der Waals surface area contributed by atoms with E-state index in [0.29, 0.717) is 17.0 Å². The summed E-state index contributed by atoms with van der Waals surface area (Å²) in [5.41, 5.74) is 2.44. The molecule has 3 rings (SSSR count). The zero-order valence-corrected chi connectivity index (χ0v) is 16.5. The first kappa shape index (κ1) is 19.8. The number of piperidine rings is 1. The third-order valence-corrected chi connectivity index (χ3v) is 5.42. The molecule has 1 amide bonds. The number of nitrogens with zero attached hydrogens (tertiary/aromatic N) is 2. The van der Waals surface area contributed by atoms with Gasteiger partial charge in [-0.05, 0) is 73.6 Å². The number of amides is 1. The third kappa shape index (κ3) is 4.83. The quantitative estimate of drug-likeness (QED) is 0.760. The van der Waals surface area contributed by atoms with Gasteiger partial charge in [-0.1, -0.05) is 0 Å². The fraction of sp³-hybridized carbons (Fsp3) is 0.391. The summed E-state index contributed by atoms with van der Waals surface area (Å²) in [5, 5.41) is 8.88. The summed E-state index contributed by atoms with van der Waals surface area (Å²) in [6, 6.07) is 15.0. The molecule has 1 fully saturated rings. The maximum absolute atomic E-state index is 12.6. The van der Waals surface area contributed by atoms with Crippen LogP contribution in [0.25, 0.3) is 0 Å². The van der Waals surface area contributed by atoms with Gasteiger partial charge in [0.1, 0.15) is 11.5 Å². The SMILES string of the molecule is COc1cc(CCC2CCN(C(=O)c3ccc(C#N)cc3)CC2)cc(OC)c1. The Morgan fingerprint density at radius 3 is 2.21 bits per heavy atom. The van der Waals surface area contributed by atoms with Crippen molar-refractivity contribution in [2.45, 2.75) is 25.7 Å². The van der Waals surface area contributed by atoms with Crippen LogP contribution in [0.5, 0.6) is 11.5 Å². The van der Waals surface area contributed by atoms with E-state index >= 15 is 0 Å². The maximum atomic E-state index is 12.6. The second-order valence-corrected chi connectivity index (χ2v) is 7.18. The minimum Gasteiger partial charge on any atom is -0.497 e. The number of carbonyl (C=O) groups excluding carboxylic acids is 1. The Morgan fingerprint density at radius 1 is 1.07 bits per heavy atom. The van der Waals surface area contributed by atoms with Crippen LogP contribution in [-0.4, -0.2) is 38.1 Å². The molecule has 5 heteroatoms. The maximum Gasteiger partial charge on any atom is 0.253 e. The van der Waals surface area contributed by atoms with Crippen molar-refractivity contribution in [3.05, 3.63) is 59.2 Å². The molecular weight excluding hydrogens is 352 g/mol. The fourth-order valence-corrected chi connectivity index (χ4v) is 3.68. The van der Waals surface area contributed by atoms with Crippen molar-refractivity contribution in [3.63, 3.8) is 0 Å². The number of benzene rings is 2. The standard InChI is InChI=1S/C23H26N2O3/c1-27-21-13-19(14-22(15-21)28-2)4-3-17-9-11-25(12-10-17)23(26)20-7-5-18(16-24)6-8-20/h5-8,13-15,17H,3-4,9-12H2,1-2H3. The number of methoxy groups -OCH3 is 2. The van der Waals surface area contributed by atoms with Crippen LogP contribution in [0, 0.1) is 17.2 Å². The van der Waals surface area contributed by atoms with E-state index in [9.17, 15) is 4.79 Å². The summed E-state index contributed by atoms with van der Waals surface area (Å²) in [6.45, 7) is 1.57. The lowest BCUT2D eigenvalue weighted by Gasteiger charge is -2.32. The van der Waals surface area contributed by atoms with Crippen molar-refractivity contribution in [2.24, 2.45) is 5.92 Å². The lowest BCUT2D eigenvalue weighted by molar-refractivity contribution is 0.0687. The van der Waals surface area contributed by atoms with Crippen LogP contribution in [0.4, 0.5) is 0 Å². The molecule has 0 saturated carbocycles. The van der Waals surface area contributed by atoms with Crippen molar-refractivity contribution in [3.8, 4) is 17.6 Å². The highest BCUT2D eigenvalue weighted by Crippen LogP contribution is 2.27. The molecule has 5 nitrogen and oxygen atoms in total. The van der Waals surface area contributed by atoms with Gasteiger partial charge in [-0.15, -0.1) is 0 Å². The Kier molecular flexibility index (Phi) is 6.54. The summed E-state index contributed by atoms with van der Waals surface area (Å²) < 4.78 is 10.7. The number of hydrogen-bond acceptors (Lipinski definition) is 4. The molecule has 1 heterocycles. The monoisotopic (exact) mass is 378 g/mol. The topological polar surface area (TPSA) is 62.6 Å². The lowest BCUT2D eigenvalue weighted by Crippen LogP contribution is -2.38. The largest absolute Gasteiger partial charge is 0.497 e. The molecule has 0 atom stereocenters. The van der Waals surface area contributed by atoms with Crippen LogP contribution in [-0.2, 0) is 6.42 Å². The number of rotatable bonds is 6. The van der Waals surface area contributed by atoms with Crippen molar-refractivity contribution in [1.82, 2.24) is 4.90 Å². The minimum atomic E-state index is 0.0560. The zero-order chi connectivity index (χ0) is 19.9. The van der Waals surface area contributed by atoms with Gasteiger partial charge in [-0.25, -0.2) is 0 Å². The van der Waals surface area contributed by atoms with Crippen LogP contribution >= 0.6 is 0 Å². The predicted molar refractivity (Wildman–Crippen MR) is 108 cm³/mol. The normalized spacial score (nSPS) is 14.4. The molecule has 2 aromatic rings. The first-order valence-corrected chi connectivity index (χ1v) is 9.64. The van der Waals surface area contributed by atoms with Crippen LogP contribution in [0.15, 0.2) is 42.5 Å². The highest BCUT2D eigenvalue weighted by atomic mass is 16.5. The third-order valence-electron chi connectivity index (χ3n) is 5.42. The number of likely N-dealkylation sites (tertiary alicyclic amines) is 1. The molecule has 2 aromatic carbocycles. The van der Waals surface area contributed by atoms with Gasteiger partial charge < -0.3 is 14.4 Å². The number of carbonyl (C=O) groups is 1. The number of ether oxygens (including phenoxy) is 2. The highest BCUT2D eigenvalue weighted by Gasteiger charge is 2.23. The molecule has 0 spiro atoms. The molecule has 1 saturated heterocycles. The molecular formula is C23H26N2O3. The highest BCUT2D eigenvalue weighted by molar-refractivity contribution is 5.94. The van der Waals surface area contributed by atoms with Gasteiger partial charge in [-0.3, -0.25) is 4.79 Å². The molecule has 0 N–H and O–H groups in total. The van der Waals surface area contributed by atoms with E-state index in [1.54, 1.807) is 38.5 Å². The number of nitriles is 1. The van der Waals surface area contributed by atoms with Gasteiger partial charge in [0.25, 0.3) is 5.91 Å². The smallest absolute Gasteiger partial charge is 0.253 e. The summed E-state index contributed by atoms with van der Waals surface area (Å²) in [6.07, 6.45) is 4.10. The first-order chi connectivity index (χ1) is 13.6. The summed E-state index contributed by atoms with van der Waals surface area (Å²) in [5.74, 6) is 2.30. The van der Waals surface area contributed by atoms with Crippen molar-refractivity contribution < 1.29 is 14.3 Å². The zero-order valence-electron chi connectivity index (χ0n) is 16.5. The van der Waals surface area contributed by atoms with Gasteiger partial charge in [0.2, 0.25) is 0 Å². The molecule has 0 aromatic heterocycles. The summed E-state index contributed by atoms with van der Waals surface area (Å²) >= 11 is 0. The Balaban J connectivity index is 1.51. The Labute approximate surface area is 166 Å². The van der Waals surface area contributed by atoms with E-state index in [0.717, 1.165) is 50.3 Å². The molecule has 0 bridgehead atoms. The first-order valence-electron chi connectivity index (χ1n) is 9.64. The number of aryl methyl sites for hydroxylation is 1. The van der Waals surface area contributed by atoms with Crippen molar-refractivity contribution in [2.75, 3.05) is 27.3 Å². The van der Waals surface area contributed by atoms with Gasteiger partial charge in [0.05, 0.1) is 25.9 Å². The van der Waals surface area contributed by atoms with E-state index in [2.05, 4.69) is 18.2 Å². The van der Waals surface area contributed by atoms with Gasteiger partial charge in [0, 0.05) is 24.7 Å². The van der Waals surface area contributed by atoms with Crippen LogP contribution in [0.2, 0.25) is 0 Å². The van der Waals surface area contributed by atoms with Crippen LogP contribution < -0.4 is 9.47 Å². The Hall–Kier alpha value is -3.00. The predicted octanol–water partition coefficient (Wildman–Crippen LogP) is 4.06. The van der Waals surface area contributed by atoms with Crippen LogP contribution in [0.3, 0.4) is 0 Å². The second-order valence-electron chi connectivity index (χ2n) is 7.18. The number of hydrogen-bond donors (Lipinski definition) is 0. The average molecular weight is 378 g/mol. The molecule has 0 radical (unpaired) electrons. The summed E-state index contributed by atoms with van der Waals surface area (Å²) in [7, 11) is 3.33. The molecule has 1 aliphatic rings. The van der Waals surface area contributed by atoms with Crippen LogP contribution in [0.1, 0.15) is 40.7 Å². The van der Waals surface area contributed by atoms with Gasteiger partial charge in [-0.2, -0.15) is 5.26 Å². The average Bonchev–Trinajstić information content (AvgIpc) is 2.77. The molecule has 146 valence electrons. The minimum absolute atomic E-state index is 0.0560. The van der Waals surface area contributed by atoms with E-state index in [1.807, 2.05) is 11.0 Å². The molecule has 0 unspecified atom stereocenters. The summed E-state index contributed by atoms with van der Waals surface area (Å²) in [4.78, 5) is 14.6. The molecule has 1 aliphatic heterocycles. The van der Waals surface area contributed by atoms with Crippen molar-refractivity contribution >= 4 is 5.91 Å². The Morgan fingerprint density at radius 2 is 1.68 bits per heavy atom. The van der Waals surface area contributed by atoms with Crippen molar-refractivity contribution in [1.29, 1.82) is 5.26 Å². The molecule has 0 aliphatic carbocycles. The molecule has 28 heavy (non-hydrogen) atoms. The fourth-order valence-electron chi connectivity index (χ4n) is 3.68. The van der Waals surface area contributed by atoms with Gasteiger partial charge >= 0.3 is 0 Å². The second kappa shape index (κ2) is 9.27. The van der Waals surface area contributed by atoms with E-state index < -0.39 is 0 Å². The van der Waals surface area contributed by atoms with Gasteiger partial charge in [0.15, 0.2) is 0 Å². The lowest BCUT2D eigenvalue weighted by atomic mass is 9.90. The van der Waals surface area contributed by atoms with E-state index in [4.69, 9.17) is 14.7 Å².